The molecule has 0 aromatic heterocycles. The minimum Gasteiger partial charge on any atom is -0.375 e. The average molecular weight is 266 g/mol. The largest absolute Gasteiger partial charge is 0.375 e. The van der Waals surface area contributed by atoms with E-state index in [-0.39, 0.29) is 11.9 Å². The summed E-state index contributed by atoms with van der Waals surface area (Å²) in [7, 11) is 1.88. The van der Waals surface area contributed by atoms with E-state index in [1.807, 2.05) is 13.1 Å². The maximum atomic E-state index is 13.4. The molecule has 2 rings (SSSR count). The van der Waals surface area contributed by atoms with Crippen molar-refractivity contribution in [2.24, 2.45) is 0 Å². The first-order valence-corrected chi connectivity index (χ1v) is 6.97. The molecule has 0 aliphatic carbocycles. The summed E-state index contributed by atoms with van der Waals surface area (Å²) in [5.41, 5.74) is 2.13. The van der Waals surface area contributed by atoms with Gasteiger partial charge in [0.15, 0.2) is 0 Å². The van der Waals surface area contributed by atoms with E-state index in [1.54, 1.807) is 12.1 Å². The van der Waals surface area contributed by atoms with Crippen molar-refractivity contribution in [2.45, 2.75) is 39.0 Å². The van der Waals surface area contributed by atoms with Gasteiger partial charge in [0.25, 0.3) is 0 Å². The molecule has 4 heteroatoms. The number of rotatable bonds is 4. The Morgan fingerprint density at radius 1 is 1.47 bits per heavy atom. The minimum atomic E-state index is -0.177. The fourth-order valence-electron chi connectivity index (χ4n) is 2.64. The number of nitrogens with one attached hydrogen (secondary N) is 1. The zero-order chi connectivity index (χ0) is 13.8. The number of benzene rings is 1. The monoisotopic (exact) mass is 266 g/mol. The van der Waals surface area contributed by atoms with Crippen LogP contribution < -0.4 is 10.2 Å². The second-order valence-electron chi connectivity index (χ2n) is 5.16. The molecule has 0 radical (unpaired) electrons. The highest BCUT2D eigenvalue weighted by molar-refractivity contribution is 5.55. The third-order valence-corrected chi connectivity index (χ3v) is 3.66. The third kappa shape index (κ3) is 3.25. The Kier molecular flexibility index (Phi) is 4.77. The van der Waals surface area contributed by atoms with Crippen LogP contribution in [0.1, 0.15) is 25.8 Å². The van der Waals surface area contributed by atoms with Gasteiger partial charge in [-0.25, -0.2) is 4.39 Å². The summed E-state index contributed by atoms with van der Waals surface area (Å²) < 4.78 is 19.1. The molecule has 1 heterocycles. The van der Waals surface area contributed by atoms with E-state index in [1.165, 1.54) is 0 Å². The SMILES string of the molecule is CCC1COC(C)CN1c1ccc(F)cc1CNC. The van der Waals surface area contributed by atoms with Crippen LogP contribution in [-0.4, -0.2) is 32.3 Å². The molecule has 0 saturated carbocycles. The number of hydrogen-bond acceptors (Lipinski definition) is 3. The molecule has 3 nitrogen and oxygen atoms in total. The van der Waals surface area contributed by atoms with Gasteiger partial charge in [-0.15, -0.1) is 0 Å². The van der Waals surface area contributed by atoms with Gasteiger partial charge in [-0.3, -0.25) is 0 Å². The van der Waals surface area contributed by atoms with Crippen molar-refractivity contribution in [3.8, 4) is 0 Å². The summed E-state index contributed by atoms with van der Waals surface area (Å²) in [6, 6.07) is 5.43. The number of morpholine rings is 1. The molecule has 1 N–H and O–H groups in total. The predicted octanol–water partition coefficient (Wildman–Crippen LogP) is 2.55. The number of halogens is 1. The van der Waals surface area contributed by atoms with Crippen LogP contribution in [0, 0.1) is 5.82 Å². The van der Waals surface area contributed by atoms with Crippen LogP contribution in [-0.2, 0) is 11.3 Å². The van der Waals surface area contributed by atoms with Gasteiger partial charge in [-0.05, 0) is 44.2 Å². The van der Waals surface area contributed by atoms with Crippen LogP contribution in [0.5, 0.6) is 0 Å². The van der Waals surface area contributed by atoms with Gasteiger partial charge in [-0.1, -0.05) is 6.92 Å². The summed E-state index contributed by atoms with van der Waals surface area (Å²) in [5.74, 6) is -0.177. The molecular weight excluding hydrogens is 243 g/mol. The lowest BCUT2D eigenvalue weighted by molar-refractivity contribution is 0.0299. The highest BCUT2D eigenvalue weighted by Crippen LogP contribution is 2.27. The standard InChI is InChI=1S/C15H23FN2O/c1-4-14-10-19-11(2)9-18(14)15-6-5-13(16)7-12(15)8-17-3/h5-7,11,14,17H,4,8-10H2,1-3H3. The van der Waals surface area contributed by atoms with Crippen LogP contribution in [0.3, 0.4) is 0 Å². The van der Waals surface area contributed by atoms with Gasteiger partial charge in [0.1, 0.15) is 5.82 Å². The molecule has 106 valence electrons. The first-order valence-electron chi connectivity index (χ1n) is 6.97. The van der Waals surface area contributed by atoms with Crippen LogP contribution in [0.15, 0.2) is 18.2 Å². The smallest absolute Gasteiger partial charge is 0.123 e. The molecule has 0 spiro atoms. The molecule has 2 unspecified atom stereocenters. The Balaban J connectivity index is 2.32. The predicted molar refractivity (Wildman–Crippen MR) is 76.0 cm³/mol. The Bertz CT molecular complexity index is 425. The Hall–Kier alpha value is -1.13. The maximum Gasteiger partial charge on any atom is 0.123 e. The van der Waals surface area contributed by atoms with E-state index in [9.17, 15) is 4.39 Å². The summed E-state index contributed by atoms with van der Waals surface area (Å²) in [6.07, 6.45) is 1.25. The number of nitrogens with zero attached hydrogens (tertiary/aromatic N) is 1. The Morgan fingerprint density at radius 2 is 2.26 bits per heavy atom. The zero-order valence-corrected chi connectivity index (χ0v) is 11.9. The minimum absolute atomic E-state index is 0.177. The van der Waals surface area contributed by atoms with Gasteiger partial charge in [0, 0.05) is 18.8 Å². The quantitative estimate of drug-likeness (QED) is 0.906. The summed E-state index contributed by atoms with van der Waals surface area (Å²) >= 11 is 0. The second kappa shape index (κ2) is 6.35. The van der Waals surface area contributed by atoms with Gasteiger partial charge in [0.05, 0.1) is 18.8 Å². The van der Waals surface area contributed by atoms with Crippen molar-refractivity contribution in [1.29, 1.82) is 0 Å². The lowest BCUT2D eigenvalue weighted by Gasteiger charge is -2.41. The van der Waals surface area contributed by atoms with Crippen LogP contribution in [0.25, 0.3) is 0 Å². The first kappa shape index (κ1) is 14.3. The van der Waals surface area contributed by atoms with Crippen LogP contribution >= 0.6 is 0 Å². The molecule has 1 aromatic carbocycles. The van der Waals surface area contributed by atoms with Crippen molar-refractivity contribution < 1.29 is 9.13 Å². The van der Waals surface area contributed by atoms with Crippen molar-refractivity contribution in [2.75, 3.05) is 25.1 Å². The fourth-order valence-corrected chi connectivity index (χ4v) is 2.64. The average Bonchev–Trinajstić information content (AvgIpc) is 2.39. The molecule has 19 heavy (non-hydrogen) atoms. The Morgan fingerprint density at radius 3 is 2.95 bits per heavy atom. The maximum absolute atomic E-state index is 13.4. The summed E-state index contributed by atoms with van der Waals surface area (Å²) in [6.45, 7) is 6.53. The Labute approximate surface area is 114 Å². The van der Waals surface area contributed by atoms with E-state index in [0.29, 0.717) is 12.6 Å². The first-order chi connectivity index (χ1) is 9.15. The fraction of sp³-hybridized carbons (Fsp3) is 0.600. The molecule has 0 bridgehead atoms. The molecule has 1 aliphatic rings. The van der Waals surface area contributed by atoms with Gasteiger partial charge in [-0.2, -0.15) is 0 Å². The molecule has 1 saturated heterocycles. The molecule has 0 amide bonds. The molecule has 1 fully saturated rings. The van der Waals surface area contributed by atoms with Crippen molar-refractivity contribution in [3.05, 3.63) is 29.6 Å². The van der Waals surface area contributed by atoms with Gasteiger partial charge >= 0.3 is 0 Å². The van der Waals surface area contributed by atoms with Gasteiger partial charge in [0.2, 0.25) is 0 Å². The van der Waals surface area contributed by atoms with E-state index in [2.05, 4.69) is 24.1 Å². The van der Waals surface area contributed by atoms with E-state index >= 15 is 0 Å². The highest BCUT2D eigenvalue weighted by Gasteiger charge is 2.27. The van der Waals surface area contributed by atoms with Crippen LogP contribution in [0.4, 0.5) is 10.1 Å². The van der Waals surface area contributed by atoms with E-state index in [0.717, 1.165) is 30.8 Å². The lowest BCUT2D eigenvalue weighted by Crippen LogP contribution is -2.49. The molecule has 2 atom stereocenters. The normalized spacial score (nSPS) is 23.7. The van der Waals surface area contributed by atoms with E-state index in [4.69, 9.17) is 4.74 Å². The van der Waals surface area contributed by atoms with Crippen molar-refractivity contribution in [3.63, 3.8) is 0 Å². The third-order valence-electron chi connectivity index (χ3n) is 3.66. The highest BCUT2D eigenvalue weighted by atomic mass is 19.1. The second-order valence-corrected chi connectivity index (χ2v) is 5.16. The van der Waals surface area contributed by atoms with E-state index < -0.39 is 0 Å². The molecular formula is C15H23FN2O. The van der Waals surface area contributed by atoms with Crippen LogP contribution in [0.2, 0.25) is 0 Å². The zero-order valence-electron chi connectivity index (χ0n) is 11.9. The molecule has 1 aromatic rings. The number of hydrogen-bond donors (Lipinski definition) is 1. The number of anilines is 1. The summed E-state index contributed by atoms with van der Waals surface area (Å²) in [4.78, 5) is 2.36. The van der Waals surface area contributed by atoms with Gasteiger partial charge < -0.3 is 15.0 Å². The van der Waals surface area contributed by atoms with Crippen molar-refractivity contribution in [1.82, 2.24) is 5.32 Å². The lowest BCUT2D eigenvalue weighted by atomic mass is 10.1. The topological polar surface area (TPSA) is 24.5 Å². The van der Waals surface area contributed by atoms with Crippen molar-refractivity contribution >= 4 is 5.69 Å². The molecule has 1 aliphatic heterocycles. The number of ether oxygens (including phenoxy) is 1. The summed E-state index contributed by atoms with van der Waals surface area (Å²) in [5, 5.41) is 3.11.